The topological polar surface area (TPSA) is 55.1 Å². The first-order valence-corrected chi connectivity index (χ1v) is 7.81. The molecule has 2 saturated carbocycles. The van der Waals surface area contributed by atoms with Crippen molar-refractivity contribution in [3.05, 3.63) is 35.9 Å². The second-order valence-corrected chi connectivity index (χ2v) is 6.44. The van der Waals surface area contributed by atoms with Crippen molar-refractivity contribution >= 4 is 18.3 Å². The fourth-order valence-corrected chi connectivity index (χ4v) is 4.04. The lowest BCUT2D eigenvalue weighted by molar-refractivity contribution is -0.122. The minimum absolute atomic E-state index is 0. The molecule has 21 heavy (non-hydrogen) atoms. The molecule has 1 aromatic rings. The van der Waals surface area contributed by atoms with Crippen LogP contribution in [-0.4, -0.2) is 18.0 Å². The smallest absolute Gasteiger partial charge is 0.224 e. The van der Waals surface area contributed by atoms with Crippen molar-refractivity contribution in [3.63, 3.8) is 0 Å². The summed E-state index contributed by atoms with van der Waals surface area (Å²) in [6.07, 6.45) is 6.39. The van der Waals surface area contributed by atoms with Gasteiger partial charge in [-0.2, -0.15) is 0 Å². The van der Waals surface area contributed by atoms with E-state index in [4.69, 9.17) is 5.73 Å². The molecule has 1 aromatic carbocycles. The molecule has 0 spiro atoms. The lowest BCUT2D eigenvalue weighted by atomic mass is 9.67. The summed E-state index contributed by atoms with van der Waals surface area (Å²) >= 11 is 0. The zero-order chi connectivity index (χ0) is 13.9. The molecule has 0 heterocycles. The van der Waals surface area contributed by atoms with Gasteiger partial charge in [0.05, 0.1) is 6.42 Å². The minimum Gasteiger partial charge on any atom is -0.353 e. The Morgan fingerprint density at radius 3 is 2.38 bits per heavy atom. The van der Waals surface area contributed by atoms with Crippen molar-refractivity contribution in [3.8, 4) is 0 Å². The van der Waals surface area contributed by atoms with Gasteiger partial charge in [0, 0.05) is 12.1 Å². The lowest BCUT2D eigenvalue weighted by Crippen LogP contribution is -2.54. The van der Waals surface area contributed by atoms with E-state index in [-0.39, 0.29) is 18.3 Å². The molecule has 0 saturated heterocycles. The molecule has 0 aromatic heterocycles. The fourth-order valence-electron chi connectivity index (χ4n) is 4.04. The van der Waals surface area contributed by atoms with Crippen LogP contribution in [0.15, 0.2) is 30.3 Å². The van der Waals surface area contributed by atoms with Crippen molar-refractivity contribution in [2.75, 3.05) is 0 Å². The van der Waals surface area contributed by atoms with Gasteiger partial charge < -0.3 is 11.1 Å². The Kier molecular flexibility index (Phi) is 5.65. The molecule has 0 radical (unpaired) electrons. The van der Waals surface area contributed by atoms with E-state index in [1.54, 1.807) is 0 Å². The van der Waals surface area contributed by atoms with Crippen LogP contribution < -0.4 is 11.1 Å². The van der Waals surface area contributed by atoms with Gasteiger partial charge in [0.25, 0.3) is 0 Å². The van der Waals surface area contributed by atoms with E-state index in [9.17, 15) is 4.79 Å². The van der Waals surface area contributed by atoms with Crippen molar-refractivity contribution in [2.45, 2.75) is 50.6 Å². The summed E-state index contributed by atoms with van der Waals surface area (Å²) in [4.78, 5) is 12.3. The highest BCUT2D eigenvalue weighted by molar-refractivity contribution is 5.85. The van der Waals surface area contributed by atoms with Crippen LogP contribution in [-0.2, 0) is 11.2 Å². The molecule has 2 bridgehead atoms. The van der Waals surface area contributed by atoms with E-state index in [1.165, 1.54) is 19.3 Å². The molecule has 2 aliphatic rings. The maximum atomic E-state index is 12.3. The van der Waals surface area contributed by atoms with Gasteiger partial charge in [-0.1, -0.05) is 36.8 Å². The van der Waals surface area contributed by atoms with Gasteiger partial charge in [0.2, 0.25) is 5.91 Å². The molecule has 3 N–H and O–H groups in total. The predicted octanol–water partition coefficient (Wildman–Crippen LogP) is 2.67. The molecule has 1 amide bonds. The Morgan fingerprint density at radius 2 is 1.76 bits per heavy atom. The van der Waals surface area contributed by atoms with Gasteiger partial charge in [0.15, 0.2) is 0 Å². The molecule has 116 valence electrons. The highest BCUT2D eigenvalue weighted by Crippen LogP contribution is 2.39. The highest BCUT2D eigenvalue weighted by Gasteiger charge is 2.39. The first kappa shape index (κ1) is 16.3. The number of nitrogens with one attached hydrogen (secondary N) is 1. The van der Waals surface area contributed by atoms with E-state index in [0.29, 0.717) is 30.3 Å². The second-order valence-electron chi connectivity index (χ2n) is 6.44. The van der Waals surface area contributed by atoms with E-state index < -0.39 is 0 Å². The average Bonchev–Trinajstić information content (AvgIpc) is 2.41. The number of nitrogens with two attached hydrogens (primary N) is 1. The summed E-state index contributed by atoms with van der Waals surface area (Å²) in [5, 5.41) is 3.30. The van der Waals surface area contributed by atoms with Crippen molar-refractivity contribution in [1.29, 1.82) is 0 Å². The molecule has 3 rings (SSSR count). The Hall–Kier alpha value is -1.06. The predicted molar refractivity (Wildman–Crippen MR) is 87.4 cm³/mol. The second kappa shape index (κ2) is 7.28. The lowest BCUT2D eigenvalue weighted by Gasteiger charge is -2.45. The molecular formula is C17H25ClN2O. The molecule has 3 nitrogen and oxygen atoms in total. The number of hydrogen-bond acceptors (Lipinski definition) is 2. The summed E-state index contributed by atoms with van der Waals surface area (Å²) in [5.74, 6) is 1.35. The quantitative estimate of drug-likeness (QED) is 0.902. The van der Waals surface area contributed by atoms with Crippen molar-refractivity contribution in [2.24, 2.45) is 17.6 Å². The maximum absolute atomic E-state index is 12.3. The maximum Gasteiger partial charge on any atom is 0.224 e. The third-order valence-electron chi connectivity index (χ3n) is 4.91. The molecule has 2 atom stereocenters. The number of rotatable bonds is 3. The van der Waals surface area contributed by atoms with Gasteiger partial charge in [-0.3, -0.25) is 4.79 Å². The van der Waals surface area contributed by atoms with Crippen LogP contribution in [0.3, 0.4) is 0 Å². The van der Waals surface area contributed by atoms with Crippen LogP contribution in [0.25, 0.3) is 0 Å². The Balaban J connectivity index is 0.00000161. The van der Waals surface area contributed by atoms with E-state index >= 15 is 0 Å². The molecule has 2 fully saturated rings. The SMILES string of the molecule is Cl.NC1CC2CCCC(C1)C2NC(=O)Cc1ccccc1. The van der Waals surface area contributed by atoms with Gasteiger partial charge >= 0.3 is 0 Å². The van der Waals surface area contributed by atoms with Crippen molar-refractivity contribution < 1.29 is 4.79 Å². The van der Waals surface area contributed by atoms with Gasteiger partial charge in [0.1, 0.15) is 0 Å². The first-order valence-electron chi connectivity index (χ1n) is 7.81. The molecule has 2 aliphatic carbocycles. The van der Waals surface area contributed by atoms with E-state index in [1.807, 2.05) is 30.3 Å². The van der Waals surface area contributed by atoms with E-state index in [0.717, 1.165) is 18.4 Å². The van der Waals surface area contributed by atoms with Gasteiger partial charge in [-0.25, -0.2) is 0 Å². The van der Waals surface area contributed by atoms with Crippen LogP contribution in [0.4, 0.5) is 0 Å². The van der Waals surface area contributed by atoms with Crippen LogP contribution in [0, 0.1) is 11.8 Å². The summed E-state index contributed by atoms with van der Waals surface area (Å²) in [5.41, 5.74) is 7.21. The summed E-state index contributed by atoms with van der Waals surface area (Å²) in [6.45, 7) is 0. The number of fused-ring (bicyclic) bond motifs is 2. The molecule has 4 heteroatoms. The van der Waals surface area contributed by atoms with Crippen LogP contribution in [0.1, 0.15) is 37.7 Å². The molecule has 2 unspecified atom stereocenters. The zero-order valence-electron chi connectivity index (χ0n) is 12.3. The summed E-state index contributed by atoms with van der Waals surface area (Å²) in [7, 11) is 0. The number of carbonyl (C=O) groups excluding carboxylic acids is 1. The number of hydrogen-bond donors (Lipinski definition) is 2. The number of carbonyl (C=O) groups is 1. The number of halogens is 1. The average molecular weight is 309 g/mol. The number of amides is 1. The molecule has 0 aliphatic heterocycles. The van der Waals surface area contributed by atoms with Crippen LogP contribution in [0.5, 0.6) is 0 Å². The number of benzene rings is 1. The van der Waals surface area contributed by atoms with Crippen LogP contribution in [0.2, 0.25) is 0 Å². The first-order chi connectivity index (χ1) is 9.72. The van der Waals surface area contributed by atoms with Gasteiger partial charge in [-0.05, 0) is 43.1 Å². The van der Waals surface area contributed by atoms with Crippen LogP contribution >= 0.6 is 12.4 Å². The summed E-state index contributed by atoms with van der Waals surface area (Å²) < 4.78 is 0. The Labute approximate surface area is 133 Å². The monoisotopic (exact) mass is 308 g/mol. The third-order valence-corrected chi connectivity index (χ3v) is 4.91. The largest absolute Gasteiger partial charge is 0.353 e. The van der Waals surface area contributed by atoms with Crippen molar-refractivity contribution in [1.82, 2.24) is 5.32 Å². The highest BCUT2D eigenvalue weighted by atomic mass is 35.5. The Bertz CT molecular complexity index is 451. The Morgan fingerprint density at radius 1 is 1.14 bits per heavy atom. The van der Waals surface area contributed by atoms with Gasteiger partial charge in [-0.15, -0.1) is 12.4 Å². The molecular weight excluding hydrogens is 284 g/mol. The normalized spacial score (nSPS) is 31.1. The minimum atomic E-state index is 0. The fraction of sp³-hybridized carbons (Fsp3) is 0.588. The standard InChI is InChI=1S/C17H24N2O.ClH/c18-15-10-13-7-4-8-14(11-15)17(13)19-16(20)9-12-5-2-1-3-6-12;/h1-3,5-6,13-15,17H,4,7-11,18H2,(H,19,20);1H. The van der Waals surface area contributed by atoms with E-state index in [2.05, 4.69) is 5.32 Å². The summed E-state index contributed by atoms with van der Waals surface area (Å²) in [6, 6.07) is 10.7. The third kappa shape index (κ3) is 3.98. The zero-order valence-corrected chi connectivity index (χ0v) is 13.1.